The fourth-order valence-electron chi connectivity index (χ4n) is 3.90. The van der Waals surface area contributed by atoms with Gasteiger partial charge in [-0.2, -0.15) is 0 Å². The molecule has 0 aromatic heterocycles. The van der Waals surface area contributed by atoms with Crippen molar-refractivity contribution in [3.63, 3.8) is 0 Å². The Morgan fingerprint density at radius 3 is 2.44 bits per heavy atom. The third kappa shape index (κ3) is 5.02. The van der Waals surface area contributed by atoms with Crippen molar-refractivity contribution in [1.29, 1.82) is 0 Å². The zero-order valence-corrected chi connectivity index (χ0v) is 20.2. The van der Waals surface area contributed by atoms with Crippen LogP contribution in [0.25, 0.3) is 5.76 Å². The molecule has 1 atom stereocenters. The van der Waals surface area contributed by atoms with Gasteiger partial charge in [-0.15, -0.1) is 0 Å². The minimum atomic E-state index is -0.888. The standard InChI is InChI=1S/C26H31NO7/c1-16(2)15-34-18-9-6-8-17(14-18)23(28)21-22(27(12-13-31-3)26(30)24(21)29)19-10-7-11-20(32-4)25(19)33-5/h6-11,14,16,22,28H,12-13,15H2,1-5H3/b23-21+. The number of methoxy groups -OCH3 is 3. The number of ether oxygens (including phenoxy) is 4. The van der Waals surface area contributed by atoms with Crippen molar-refractivity contribution in [3.05, 3.63) is 59.2 Å². The number of hydrogen-bond acceptors (Lipinski definition) is 7. The van der Waals surface area contributed by atoms with E-state index in [2.05, 4.69) is 0 Å². The first-order chi connectivity index (χ1) is 16.3. The molecule has 1 amide bonds. The molecule has 182 valence electrons. The molecule has 34 heavy (non-hydrogen) atoms. The number of Topliss-reactive ketones (excluding diaryl/α,β-unsaturated/α-hetero) is 1. The van der Waals surface area contributed by atoms with Crippen LogP contribution in [0.1, 0.15) is 31.0 Å². The van der Waals surface area contributed by atoms with E-state index in [9.17, 15) is 14.7 Å². The summed E-state index contributed by atoms with van der Waals surface area (Å²) in [6, 6.07) is 11.1. The molecule has 1 saturated heterocycles. The van der Waals surface area contributed by atoms with Crippen molar-refractivity contribution >= 4 is 17.4 Å². The molecule has 0 radical (unpaired) electrons. The normalized spacial score (nSPS) is 17.4. The number of carbonyl (C=O) groups excluding carboxylic acids is 2. The third-order valence-corrected chi connectivity index (χ3v) is 5.50. The Hall–Kier alpha value is -3.52. The number of aliphatic hydroxyl groups excluding tert-OH is 1. The highest BCUT2D eigenvalue weighted by Crippen LogP contribution is 2.45. The van der Waals surface area contributed by atoms with Crippen LogP contribution in [0.4, 0.5) is 0 Å². The van der Waals surface area contributed by atoms with E-state index in [-0.39, 0.29) is 24.5 Å². The second kappa shape index (κ2) is 11.1. The topological polar surface area (TPSA) is 94.5 Å². The van der Waals surface area contributed by atoms with E-state index >= 15 is 0 Å². The molecular weight excluding hydrogens is 438 g/mol. The Kier molecular flexibility index (Phi) is 8.17. The van der Waals surface area contributed by atoms with Gasteiger partial charge in [0.2, 0.25) is 0 Å². The predicted octanol–water partition coefficient (Wildman–Crippen LogP) is 3.81. The quantitative estimate of drug-likeness (QED) is 0.321. The molecule has 1 unspecified atom stereocenters. The van der Waals surface area contributed by atoms with Crippen LogP contribution in [0.2, 0.25) is 0 Å². The van der Waals surface area contributed by atoms with E-state index in [4.69, 9.17) is 18.9 Å². The number of hydrogen-bond donors (Lipinski definition) is 1. The van der Waals surface area contributed by atoms with Gasteiger partial charge in [0.1, 0.15) is 11.5 Å². The second-order valence-corrected chi connectivity index (χ2v) is 8.30. The van der Waals surface area contributed by atoms with E-state index < -0.39 is 17.7 Å². The van der Waals surface area contributed by atoms with Crippen LogP contribution >= 0.6 is 0 Å². The van der Waals surface area contributed by atoms with Crippen LogP contribution in [0, 0.1) is 5.92 Å². The molecule has 0 spiro atoms. The monoisotopic (exact) mass is 469 g/mol. The minimum Gasteiger partial charge on any atom is -0.507 e. The Morgan fingerprint density at radius 1 is 1.06 bits per heavy atom. The first kappa shape index (κ1) is 25.1. The van der Waals surface area contributed by atoms with Gasteiger partial charge in [-0.3, -0.25) is 9.59 Å². The number of nitrogens with zero attached hydrogens (tertiary/aromatic N) is 1. The van der Waals surface area contributed by atoms with Crippen LogP contribution in [0.3, 0.4) is 0 Å². The maximum atomic E-state index is 13.2. The Balaban J connectivity index is 2.18. The number of benzene rings is 2. The van der Waals surface area contributed by atoms with Gasteiger partial charge in [0.25, 0.3) is 11.7 Å². The average molecular weight is 470 g/mol. The number of para-hydroxylation sites is 1. The molecular formula is C26H31NO7. The van der Waals surface area contributed by atoms with E-state index in [1.54, 1.807) is 42.5 Å². The van der Waals surface area contributed by atoms with Crippen molar-refractivity contribution in [2.45, 2.75) is 19.9 Å². The Labute approximate surface area is 199 Å². The lowest BCUT2D eigenvalue weighted by atomic mass is 9.94. The van der Waals surface area contributed by atoms with Crippen LogP contribution in [0.15, 0.2) is 48.0 Å². The number of likely N-dealkylation sites (tertiary alicyclic amines) is 1. The molecule has 3 rings (SSSR count). The summed E-state index contributed by atoms with van der Waals surface area (Å²) in [6.45, 7) is 4.95. The smallest absolute Gasteiger partial charge is 0.295 e. The first-order valence-electron chi connectivity index (χ1n) is 11.1. The van der Waals surface area contributed by atoms with E-state index in [1.165, 1.54) is 26.2 Å². The summed E-state index contributed by atoms with van der Waals surface area (Å²) in [6.07, 6.45) is 0. The van der Waals surface area contributed by atoms with Crippen molar-refractivity contribution in [1.82, 2.24) is 4.90 Å². The molecule has 0 bridgehead atoms. The highest BCUT2D eigenvalue weighted by Gasteiger charge is 2.47. The van der Waals surface area contributed by atoms with Gasteiger partial charge in [-0.05, 0) is 24.1 Å². The number of amides is 1. The maximum Gasteiger partial charge on any atom is 0.295 e. The lowest BCUT2D eigenvalue weighted by molar-refractivity contribution is -0.140. The highest BCUT2D eigenvalue weighted by molar-refractivity contribution is 6.46. The van der Waals surface area contributed by atoms with Gasteiger partial charge in [0, 0.05) is 24.8 Å². The van der Waals surface area contributed by atoms with Crippen LogP contribution < -0.4 is 14.2 Å². The molecule has 1 aliphatic heterocycles. The lowest BCUT2D eigenvalue weighted by Gasteiger charge is -2.27. The SMILES string of the molecule is COCCN1C(=O)C(=O)/C(=C(/O)c2cccc(OCC(C)C)c2)C1c1cccc(OC)c1OC. The summed E-state index contributed by atoms with van der Waals surface area (Å²) in [4.78, 5) is 27.6. The van der Waals surface area contributed by atoms with E-state index in [0.29, 0.717) is 40.9 Å². The second-order valence-electron chi connectivity index (χ2n) is 8.30. The van der Waals surface area contributed by atoms with Crippen molar-refractivity contribution in [2.75, 3.05) is 41.1 Å². The van der Waals surface area contributed by atoms with Gasteiger partial charge < -0.3 is 29.0 Å². The third-order valence-electron chi connectivity index (χ3n) is 5.50. The fraction of sp³-hybridized carbons (Fsp3) is 0.385. The average Bonchev–Trinajstić information content (AvgIpc) is 3.09. The number of ketones is 1. The number of rotatable bonds is 10. The molecule has 2 aromatic rings. The lowest BCUT2D eigenvalue weighted by Crippen LogP contribution is -2.32. The first-order valence-corrected chi connectivity index (χ1v) is 11.1. The largest absolute Gasteiger partial charge is 0.507 e. The summed E-state index contributed by atoms with van der Waals surface area (Å²) in [5.74, 6) is -0.0905. The van der Waals surface area contributed by atoms with Gasteiger partial charge in [0.15, 0.2) is 11.5 Å². The molecule has 1 aliphatic rings. The Morgan fingerprint density at radius 2 is 1.79 bits per heavy atom. The van der Waals surface area contributed by atoms with Gasteiger partial charge >= 0.3 is 0 Å². The van der Waals surface area contributed by atoms with Gasteiger partial charge in [-0.25, -0.2) is 0 Å². The molecule has 0 saturated carbocycles. The van der Waals surface area contributed by atoms with Crippen LogP contribution in [-0.4, -0.2) is 62.8 Å². The fourth-order valence-corrected chi connectivity index (χ4v) is 3.90. The van der Waals surface area contributed by atoms with Crippen molar-refractivity contribution < 1.29 is 33.6 Å². The van der Waals surface area contributed by atoms with Crippen molar-refractivity contribution in [3.8, 4) is 17.2 Å². The molecule has 0 aliphatic carbocycles. The highest BCUT2D eigenvalue weighted by atomic mass is 16.5. The summed E-state index contributed by atoms with van der Waals surface area (Å²) >= 11 is 0. The van der Waals surface area contributed by atoms with Crippen LogP contribution in [0.5, 0.6) is 17.2 Å². The van der Waals surface area contributed by atoms with Crippen molar-refractivity contribution in [2.24, 2.45) is 5.92 Å². The summed E-state index contributed by atoms with van der Waals surface area (Å²) in [5, 5.41) is 11.3. The number of carbonyl (C=O) groups is 2. The molecule has 8 heteroatoms. The Bertz CT molecular complexity index is 1080. The maximum absolute atomic E-state index is 13.2. The zero-order valence-electron chi connectivity index (χ0n) is 20.2. The predicted molar refractivity (Wildman–Crippen MR) is 127 cm³/mol. The summed E-state index contributed by atoms with van der Waals surface area (Å²) < 4.78 is 21.9. The van der Waals surface area contributed by atoms with Gasteiger partial charge in [-0.1, -0.05) is 38.1 Å². The number of aliphatic hydroxyl groups is 1. The van der Waals surface area contributed by atoms with E-state index in [1.807, 2.05) is 13.8 Å². The summed E-state index contributed by atoms with van der Waals surface area (Å²) in [5.41, 5.74) is 0.859. The van der Waals surface area contributed by atoms with Gasteiger partial charge in [0.05, 0.1) is 39.0 Å². The molecule has 8 nitrogen and oxygen atoms in total. The summed E-state index contributed by atoms with van der Waals surface area (Å²) in [7, 11) is 4.50. The molecule has 2 aromatic carbocycles. The zero-order chi connectivity index (χ0) is 24.8. The van der Waals surface area contributed by atoms with Crippen LogP contribution in [-0.2, 0) is 14.3 Å². The minimum absolute atomic E-state index is 0.0336. The van der Waals surface area contributed by atoms with E-state index in [0.717, 1.165) is 0 Å². The molecule has 1 N–H and O–H groups in total. The molecule has 1 fully saturated rings. The molecule has 1 heterocycles.